The lowest BCUT2D eigenvalue weighted by Crippen LogP contribution is -2.73. The minimum absolute atomic E-state index is 0.0389. The number of aryl methyl sites for hydroxylation is 1. The van der Waals surface area contributed by atoms with Crippen molar-refractivity contribution in [2.24, 2.45) is 11.7 Å². The summed E-state index contributed by atoms with van der Waals surface area (Å²) < 4.78 is 50.9. The monoisotopic (exact) mass is 604 g/mol. The summed E-state index contributed by atoms with van der Waals surface area (Å²) in [6.45, 7) is 2.26. The molecule has 4 rings (SSSR count). The highest BCUT2D eigenvalue weighted by molar-refractivity contribution is 5.91. The molecule has 12 heteroatoms. The standard InChI is InChI=1S/C31H39F3N4O5/c1-21-14-23(17-25(15-21)31(32,33)34)20-43-30(41)37-18-24(16-22-8-4-3-5-9-22)28(39)38-26(10-6-7-11-35)29(40)36(12-13-42-2)19-27(37)38/h3-5,8-9,14-15,17,24,26-27H,6-7,10-13,16,18-20,35H2,1-2H3/t24-,26+,27-/m1/s1. The number of rotatable bonds is 11. The summed E-state index contributed by atoms with van der Waals surface area (Å²) in [4.78, 5) is 45.9. The number of nitrogens with two attached hydrogens (primary N) is 1. The number of alkyl halides is 3. The number of amides is 3. The quantitative estimate of drug-likeness (QED) is 0.390. The molecule has 0 aromatic heterocycles. The molecule has 2 aromatic carbocycles. The van der Waals surface area contributed by atoms with Crippen LogP contribution in [0.5, 0.6) is 0 Å². The maximum atomic E-state index is 14.0. The molecule has 2 aliphatic heterocycles. The molecule has 3 atom stereocenters. The molecule has 0 saturated carbocycles. The highest BCUT2D eigenvalue weighted by atomic mass is 19.4. The van der Waals surface area contributed by atoms with Gasteiger partial charge in [-0.3, -0.25) is 14.5 Å². The fraction of sp³-hybridized carbons (Fsp3) is 0.516. The van der Waals surface area contributed by atoms with Gasteiger partial charge in [0, 0.05) is 20.2 Å². The van der Waals surface area contributed by atoms with Gasteiger partial charge in [0.15, 0.2) is 0 Å². The number of benzene rings is 2. The van der Waals surface area contributed by atoms with Crippen molar-refractivity contribution in [3.8, 4) is 0 Å². The average Bonchev–Trinajstić information content (AvgIpc) is 2.97. The van der Waals surface area contributed by atoms with E-state index in [1.165, 1.54) is 23.0 Å². The van der Waals surface area contributed by atoms with E-state index in [4.69, 9.17) is 15.2 Å². The molecule has 2 aromatic rings. The minimum Gasteiger partial charge on any atom is -0.444 e. The molecule has 2 saturated heterocycles. The van der Waals surface area contributed by atoms with Gasteiger partial charge in [-0.15, -0.1) is 0 Å². The third-order valence-corrected chi connectivity index (χ3v) is 7.90. The van der Waals surface area contributed by atoms with Crippen molar-refractivity contribution in [2.75, 3.05) is 39.9 Å². The molecule has 43 heavy (non-hydrogen) atoms. The van der Waals surface area contributed by atoms with E-state index in [9.17, 15) is 27.6 Å². The largest absolute Gasteiger partial charge is 0.444 e. The van der Waals surface area contributed by atoms with Crippen molar-refractivity contribution in [3.05, 3.63) is 70.8 Å². The number of ether oxygens (including phenoxy) is 2. The number of hydrogen-bond acceptors (Lipinski definition) is 6. The van der Waals surface area contributed by atoms with Crippen LogP contribution in [0.1, 0.15) is 41.5 Å². The highest BCUT2D eigenvalue weighted by Gasteiger charge is 2.51. The normalized spacial score (nSPS) is 20.8. The van der Waals surface area contributed by atoms with Crippen LogP contribution < -0.4 is 5.73 Å². The van der Waals surface area contributed by atoms with Gasteiger partial charge in [-0.05, 0) is 62.4 Å². The first kappa shape index (κ1) is 32.3. The summed E-state index contributed by atoms with van der Waals surface area (Å²) in [5.74, 6) is -1.08. The second-order valence-corrected chi connectivity index (χ2v) is 11.1. The summed E-state index contributed by atoms with van der Waals surface area (Å²) in [5, 5.41) is 0. The maximum absolute atomic E-state index is 14.0. The molecule has 0 radical (unpaired) electrons. The summed E-state index contributed by atoms with van der Waals surface area (Å²) in [5.41, 5.74) is 6.36. The number of fused-ring (bicyclic) bond motifs is 1. The second kappa shape index (κ2) is 14.2. The number of piperazine rings is 1. The van der Waals surface area contributed by atoms with E-state index in [1.807, 2.05) is 30.3 Å². The molecule has 3 amide bonds. The molecule has 0 spiro atoms. The van der Waals surface area contributed by atoms with Crippen LogP contribution in [-0.4, -0.2) is 84.7 Å². The predicted octanol–water partition coefficient (Wildman–Crippen LogP) is 3.97. The Morgan fingerprint density at radius 1 is 1.02 bits per heavy atom. The Labute approximate surface area is 249 Å². The Hall–Kier alpha value is -3.64. The van der Waals surface area contributed by atoms with E-state index in [0.29, 0.717) is 37.8 Å². The van der Waals surface area contributed by atoms with Crippen LogP contribution >= 0.6 is 0 Å². The molecular formula is C31H39F3N4O5. The SMILES string of the molecule is COCCN1C[C@@H]2N(C(=O)OCc3cc(C)cc(C(F)(F)F)c3)C[C@@H](Cc3ccccc3)C(=O)N2[C@@H](CCCCN)C1=O. The number of hydrogen-bond donors (Lipinski definition) is 1. The van der Waals surface area contributed by atoms with Gasteiger partial charge in [0.05, 0.1) is 24.6 Å². The van der Waals surface area contributed by atoms with Gasteiger partial charge in [-0.2, -0.15) is 13.2 Å². The third kappa shape index (κ3) is 7.85. The maximum Gasteiger partial charge on any atom is 0.416 e. The van der Waals surface area contributed by atoms with Gasteiger partial charge >= 0.3 is 12.3 Å². The van der Waals surface area contributed by atoms with Crippen LogP contribution in [0, 0.1) is 12.8 Å². The van der Waals surface area contributed by atoms with Crippen molar-refractivity contribution in [1.29, 1.82) is 0 Å². The van der Waals surface area contributed by atoms with Crippen LogP contribution in [0.2, 0.25) is 0 Å². The Bertz CT molecular complexity index is 1280. The van der Waals surface area contributed by atoms with Crippen molar-refractivity contribution in [2.45, 2.75) is 57.6 Å². The Kier molecular flexibility index (Phi) is 10.7. The molecule has 234 valence electrons. The number of methoxy groups -OCH3 is 1. The van der Waals surface area contributed by atoms with E-state index in [-0.39, 0.29) is 50.2 Å². The summed E-state index contributed by atoms with van der Waals surface area (Å²) in [6, 6.07) is 12.1. The first-order chi connectivity index (χ1) is 20.5. The van der Waals surface area contributed by atoms with Crippen molar-refractivity contribution in [3.63, 3.8) is 0 Å². The molecule has 0 unspecified atom stereocenters. The molecule has 2 N–H and O–H groups in total. The molecule has 0 aliphatic carbocycles. The van der Waals surface area contributed by atoms with Gasteiger partial charge in [0.2, 0.25) is 11.8 Å². The van der Waals surface area contributed by atoms with Crippen LogP contribution in [0.4, 0.5) is 18.0 Å². The zero-order valence-corrected chi connectivity index (χ0v) is 24.5. The van der Waals surface area contributed by atoms with Crippen LogP contribution in [-0.2, 0) is 38.3 Å². The zero-order chi connectivity index (χ0) is 31.1. The lowest BCUT2D eigenvalue weighted by atomic mass is 9.91. The van der Waals surface area contributed by atoms with Gasteiger partial charge in [-0.1, -0.05) is 42.0 Å². The topological polar surface area (TPSA) is 105 Å². The Morgan fingerprint density at radius 3 is 2.44 bits per heavy atom. The second-order valence-electron chi connectivity index (χ2n) is 11.1. The first-order valence-electron chi connectivity index (χ1n) is 14.5. The lowest BCUT2D eigenvalue weighted by molar-refractivity contribution is -0.173. The number of carbonyl (C=O) groups excluding carboxylic acids is 3. The molecule has 0 bridgehead atoms. The number of unbranched alkanes of at least 4 members (excludes halogenated alkanes) is 1. The van der Waals surface area contributed by atoms with E-state index in [0.717, 1.165) is 17.7 Å². The minimum atomic E-state index is -4.54. The molecule has 2 fully saturated rings. The van der Waals surface area contributed by atoms with Crippen LogP contribution in [0.25, 0.3) is 0 Å². The van der Waals surface area contributed by atoms with E-state index < -0.39 is 36.0 Å². The Balaban J connectivity index is 1.64. The average molecular weight is 605 g/mol. The Morgan fingerprint density at radius 2 is 1.77 bits per heavy atom. The number of halogens is 3. The van der Waals surface area contributed by atoms with Gasteiger partial charge in [0.25, 0.3) is 0 Å². The molecule has 9 nitrogen and oxygen atoms in total. The lowest BCUT2D eigenvalue weighted by Gasteiger charge is -2.53. The zero-order valence-electron chi connectivity index (χ0n) is 24.5. The summed E-state index contributed by atoms with van der Waals surface area (Å²) in [7, 11) is 1.52. The van der Waals surface area contributed by atoms with Crippen molar-refractivity contribution < 1.29 is 37.0 Å². The highest BCUT2D eigenvalue weighted by Crippen LogP contribution is 2.33. The van der Waals surface area contributed by atoms with Crippen LogP contribution in [0.3, 0.4) is 0 Å². The van der Waals surface area contributed by atoms with Gasteiger partial charge < -0.3 is 25.0 Å². The van der Waals surface area contributed by atoms with Crippen LogP contribution in [0.15, 0.2) is 48.5 Å². The first-order valence-corrected chi connectivity index (χ1v) is 14.5. The summed E-state index contributed by atoms with van der Waals surface area (Å²) in [6.07, 6.45) is -4.09. The number of carbonyl (C=O) groups is 3. The predicted molar refractivity (Wildman–Crippen MR) is 152 cm³/mol. The van der Waals surface area contributed by atoms with E-state index in [1.54, 1.807) is 11.8 Å². The van der Waals surface area contributed by atoms with Gasteiger partial charge in [-0.25, -0.2) is 4.79 Å². The fourth-order valence-electron chi connectivity index (χ4n) is 5.84. The molecular weight excluding hydrogens is 565 g/mol. The smallest absolute Gasteiger partial charge is 0.416 e. The molecule has 2 heterocycles. The third-order valence-electron chi connectivity index (χ3n) is 7.90. The molecule has 2 aliphatic rings. The fourth-order valence-corrected chi connectivity index (χ4v) is 5.84. The summed E-state index contributed by atoms with van der Waals surface area (Å²) >= 11 is 0. The van der Waals surface area contributed by atoms with Gasteiger partial charge in [0.1, 0.15) is 18.8 Å². The van der Waals surface area contributed by atoms with E-state index in [2.05, 4.69) is 0 Å². The van der Waals surface area contributed by atoms with E-state index >= 15 is 0 Å². The van der Waals surface area contributed by atoms with Crippen molar-refractivity contribution in [1.82, 2.24) is 14.7 Å². The number of nitrogens with zero attached hydrogens (tertiary/aromatic N) is 3. The van der Waals surface area contributed by atoms with Crippen molar-refractivity contribution >= 4 is 17.9 Å².